The molecule has 0 radical (unpaired) electrons. The molecule has 2 atom stereocenters. The number of nitrogens with one attached hydrogen (secondary N) is 1. The zero-order valence-electron chi connectivity index (χ0n) is 18.3. The summed E-state index contributed by atoms with van der Waals surface area (Å²) in [4.78, 5) is 16.1. The van der Waals surface area contributed by atoms with E-state index in [1.54, 1.807) is 14.0 Å². The summed E-state index contributed by atoms with van der Waals surface area (Å²) in [5.41, 5.74) is 2.15. The summed E-state index contributed by atoms with van der Waals surface area (Å²) < 4.78 is 14.5. The number of hydrogen-bond acceptors (Lipinski definition) is 4. The average molecular weight is 412 g/mol. The van der Waals surface area contributed by atoms with Gasteiger partial charge in [0.2, 0.25) is 5.91 Å². The molecule has 1 amide bonds. The predicted octanol–water partition coefficient (Wildman–Crippen LogP) is 4.31. The number of ether oxygens (including phenoxy) is 2. The molecule has 4 rings (SSSR count). The van der Waals surface area contributed by atoms with E-state index in [1.807, 2.05) is 25.4 Å². The Morgan fingerprint density at radius 2 is 2.13 bits per heavy atom. The summed E-state index contributed by atoms with van der Waals surface area (Å²) in [6.07, 6.45) is 11.3. The Morgan fingerprint density at radius 1 is 1.33 bits per heavy atom. The van der Waals surface area contributed by atoms with E-state index in [0.29, 0.717) is 6.54 Å². The number of nitrogens with zero attached hydrogens (tertiary/aromatic N) is 2. The number of carbonyl (C=O) groups is 1. The Labute approximate surface area is 179 Å². The largest absolute Gasteiger partial charge is 0.496 e. The Bertz CT molecular complexity index is 886. The summed E-state index contributed by atoms with van der Waals surface area (Å²) in [5.74, 6) is 1.88. The molecule has 2 aliphatic rings. The van der Waals surface area contributed by atoms with Crippen molar-refractivity contribution in [3.8, 4) is 5.75 Å². The molecule has 1 N–H and O–H groups in total. The van der Waals surface area contributed by atoms with Crippen molar-refractivity contribution in [3.05, 3.63) is 47.5 Å². The number of rotatable bonds is 5. The van der Waals surface area contributed by atoms with Crippen LogP contribution < -0.4 is 10.1 Å². The molecule has 1 aliphatic carbocycles. The maximum Gasteiger partial charge on any atom is 0.217 e. The Hall–Kier alpha value is -2.34. The minimum absolute atomic E-state index is 0.0257. The zero-order chi connectivity index (χ0) is 21.1. The third-order valence-corrected chi connectivity index (χ3v) is 6.62. The van der Waals surface area contributed by atoms with Gasteiger partial charge in [0, 0.05) is 30.9 Å². The summed E-state index contributed by atoms with van der Waals surface area (Å²) in [6.45, 7) is 4.32. The highest BCUT2D eigenvalue weighted by molar-refractivity contribution is 5.73. The molecule has 6 heteroatoms. The molecule has 0 bridgehead atoms. The topological polar surface area (TPSA) is 65.4 Å². The summed E-state index contributed by atoms with van der Waals surface area (Å²) in [7, 11) is 1.71. The van der Waals surface area contributed by atoms with Gasteiger partial charge in [0.1, 0.15) is 11.6 Å². The Kier molecular flexibility index (Phi) is 6.14. The van der Waals surface area contributed by atoms with Gasteiger partial charge >= 0.3 is 0 Å². The van der Waals surface area contributed by atoms with E-state index in [-0.39, 0.29) is 23.7 Å². The molecule has 1 aromatic carbocycles. The fraction of sp³-hybridized carbons (Fsp3) is 0.583. The van der Waals surface area contributed by atoms with E-state index in [2.05, 4.69) is 27.0 Å². The van der Waals surface area contributed by atoms with Gasteiger partial charge in [-0.05, 0) is 50.3 Å². The van der Waals surface area contributed by atoms with Crippen LogP contribution in [0.1, 0.15) is 74.9 Å². The van der Waals surface area contributed by atoms with Crippen LogP contribution in [-0.4, -0.2) is 34.2 Å². The molecule has 162 valence electrons. The fourth-order valence-corrected chi connectivity index (χ4v) is 5.19. The van der Waals surface area contributed by atoms with Gasteiger partial charge in [-0.1, -0.05) is 25.3 Å². The van der Waals surface area contributed by atoms with E-state index in [9.17, 15) is 4.79 Å². The van der Waals surface area contributed by atoms with Gasteiger partial charge in [-0.2, -0.15) is 0 Å². The first-order valence-corrected chi connectivity index (χ1v) is 11.1. The van der Waals surface area contributed by atoms with Crippen molar-refractivity contribution in [2.45, 2.75) is 83.1 Å². The fourth-order valence-electron chi connectivity index (χ4n) is 5.19. The highest BCUT2D eigenvalue weighted by Gasteiger charge is 2.43. The van der Waals surface area contributed by atoms with Crippen LogP contribution in [0.15, 0.2) is 30.6 Å². The first-order valence-electron chi connectivity index (χ1n) is 11.1. The SMILES string of the molecule is COc1ccc([C@H]2C[C@@H](NC(C)=O)CC3(CCCCC3)O2)cc1Cn1ccnc1C. The summed E-state index contributed by atoms with van der Waals surface area (Å²) in [5, 5.41) is 3.18. The molecule has 2 heterocycles. The summed E-state index contributed by atoms with van der Waals surface area (Å²) >= 11 is 0. The molecule has 0 unspecified atom stereocenters. The number of imidazole rings is 1. The van der Waals surface area contributed by atoms with Crippen molar-refractivity contribution in [3.63, 3.8) is 0 Å². The van der Waals surface area contributed by atoms with Crippen LogP contribution in [0.5, 0.6) is 5.75 Å². The molecule has 1 aliphatic heterocycles. The van der Waals surface area contributed by atoms with Gasteiger partial charge in [0.15, 0.2) is 0 Å². The molecule has 2 aromatic rings. The Morgan fingerprint density at radius 3 is 2.80 bits per heavy atom. The van der Waals surface area contributed by atoms with Crippen molar-refractivity contribution in [2.24, 2.45) is 0 Å². The molecule has 1 spiro atoms. The van der Waals surface area contributed by atoms with Crippen LogP contribution in [-0.2, 0) is 16.1 Å². The standard InChI is InChI=1S/C24H33N3O3/c1-17-25-11-12-27(17)16-20-13-19(7-8-22(20)29-3)23-14-21(26-18(2)28)15-24(30-23)9-5-4-6-10-24/h7-8,11-13,21,23H,4-6,9-10,14-16H2,1-3H3,(H,26,28)/t21-,23-/m1/s1. The number of hydrogen-bond donors (Lipinski definition) is 1. The molecule has 1 saturated carbocycles. The first kappa shape index (κ1) is 20.9. The average Bonchev–Trinajstić information content (AvgIpc) is 3.12. The second kappa shape index (κ2) is 8.80. The van der Waals surface area contributed by atoms with Gasteiger partial charge in [-0.25, -0.2) is 4.98 Å². The summed E-state index contributed by atoms with van der Waals surface area (Å²) in [6, 6.07) is 6.51. The smallest absolute Gasteiger partial charge is 0.217 e. The number of amides is 1. The quantitative estimate of drug-likeness (QED) is 0.796. The zero-order valence-corrected chi connectivity index (χ0v) is 18.3. The minimum atomic E-state index is -0.116. The maximum absolute atomic E-state index is 11.8. The van der Waals surface area contributed by atoms with Gasteiger partial charge in [-0.15, -0.1) is 0 Å². The van der Waals surface area contributed by atoms with Gasteiger partial charge in [0.25, 0.3) is 0 Å². The van der Waals surface area contributed by atoms with Crippen LogP contribution >= 0.6 is 0 Å². The van der Waals surface area contributed by atoms with Crippen LogP contribution in [0.2, 0.25) is 0 Å². The molecule has 1 saturated heterocycles. The molecule has 6 nitrogen and oxygen atoms in total. The van der Waals surface area contributed by atoms with Gasteiger partial charge < -0.3 is 19.4 Å². The van der Waals surface area contributed by atoms with E-state index in [4.69, 9.17) is 9.47 Å². The highest BCUT2D eigenvalue weighted by atomic mass is 16.5. The van der Waals surface area contributed by atoms with Gasteiger partial charge in [-0.3, -0.25) is 4.79 Å². The molecule has 2 fully saturated rings. The third kappa shape index (κ3) is 4.53. The number of carbonyl (C=O) groups excluding carboxylic acids is 1. The second-order valence-electron chi connectivity index (χ2n) is 8.86. The first-order chi connectivity index (χ1) is 14.5. The third-order valence-electron chi connectivity index (χ3n) is 6.62. The van der Waals surface area contributed by atoms with Crippen LogP contribution in [0.25, 0.3) is 0 Å². The van der Waals surface area contributed by atoms with Crippen molar-refractivity contribution in [1.29, 1.82) is 0 Å². The van der Waals surface area contributed by atoms with Crippen molar-refractivity contribution in [1.82, 2.24) is 14.9 Å². The van der Waals surface area contributed by atoms with E-state index in [1.165, 1.54) is 19.3 Å². The van der Waals surface area contributed by atoms with E-state index in [0.717, 1.165) is 48.4 Å². The van der Waals surface area contributed by atoms with Crippen molar-refractivity contribution in [2.75, 3.05) is 7.11 Å². The number of aromatic nitrogens is 2. The number of aryl methyl sites for hydroxylation is 1. The second-order valence-corrected chi connectivity index (χ2v) is 8.86. The lowest BCUT2D eigenvalue weighted by molar-refractivity contribution is -0.158. The van der Waals surface area contributed by atoms with Crippen molar-refractivity contribution < 1.29 is 14.3 Å². The molecular formula is C24H33N3O3. The van der Waals surface area contributed by atoms with Crippen LogP contribution in [0.3, 0.4) is 0 Å². The lowest BCUT2D eigenvalue weighted by Gasteiger charge is -2.47. The minimum Gasteiger partial charge on any atom is -0.496 e. The van der Waals surface area contributed by atoms with Crippen LogP contribution in [0.4, 0.5) is 0 Å². The van der Waals surface area contributed by atoms with E-state index >= 15 is 0 Å². The molecule has 30 heavy (non-hydrogen) atoms. The normalized spacial score (nSPS) is 23.3. The molecular weight excluding hydrogens is 378 g/mol. The lowest BCUT2D eigenvalue weighted by Crippen LogP contribution is -2.50. The van der Waals surface area contributed by atoms with Gasteiger partial charge in [0.05, 0.1) is 25.4 Å². The number of methoxy groups -OCH3 is 1. The number of benzene rings is 1. The lowest BCUT2D eigenvalue weighted by atomic mass is 9.76. The van der Waals surface area contributed by atoms with E-state index < -0.39 is 0 Å². The monoisotopic (exact) mass is 411 g/mol. The molecule has 1 aromatic heterocycles. The van der Waals surface area contributed by atoms with Crippen LogP contribution in [0, 0.1) is 6.92 Å². The van der Waals surface area contributed by atoms with Crippen molar-refractivity contribution >= 4 is 5.91 Å². The highest BCUT2D eigenvalue weighted by Crippen LogP contribution is 2.45. The maximum atomic E-state index is 11.8. The Balaban J connectivity index is 1.62. The predicted molar refractivity (Wildman–Crippen MR) is 116 cm³/mol.